The van der Waals surface area contributed by atoms with Gasteiger partial charge in [-0.3, -0.25) is 4.72 Å². The van der Waals surface area contributed by atoms with Gasteiger partial charge in [0.1, 0.15) is 0 Å². The third-order valence-corrected chi connectivity index (χ3v) is 6.90. The molecule has 2 fully saturated rings. The van der Waals surface area contributed by atoms with Gasteiger partial charge in [0, 0.05) is 11.7 Å². The number of piperidine rings is 1. The maximum absolute atomic E-state index is 11.6. The van der Waals surface area contributed by atoms with E-state index in [-0.39, 0.29) is 5.41 Å². The Morgan fingerprint density at radius 2 is 2.08 bits per heavy atom. The first-order valence-corrected chi connectivity index (χ1v) is 12.1. The topological polar surface area (TPSA) is 49.4 Å². The van der Waals surface area contributed by atoms with E-state index in [1.54, 1.807) is 0 Å². The molecule has 1 aromatic carbocycles. The molecule has 0 aromatic heterocycles. The lowest BCUT2D eigenvalue weighted by atomic mass is 9.63. The lowest BCUT2D eigenvalue weighted by molar-refractivity contribution is 0.0504. The molecule has 26 heavy (non-hydrogen) atoms. The predicted molar refractivity (Wildman–Crippen MR) is 109 cm³/mol. The molecule has 2 atom stereocenters. The monoisotopic (exact) mass is 378 g/mol. The van der Waals surface area contributed by atoms with E-state index in [0.29, 0.717) is 11.7 Å². The standard InChI is InChI=1S/C21H34N2O2S/c1-3-4-5-6-14-23-15-13-21(12-8-11-20(23)17-21)18-9-7-10-19(16-18)22-26(2,24)25/h7,9-10,16,20,22H,3-6,8,11-15,17H2,1-2H3. The van der Waals surface area contributed by atoms with Crippen LogP contribution in [-0.4, -0.2) is 38.7 Å². The van der Waals surface area contributed by atoms with Crippen molar-refractivity contribution in [3.63, 3.8) is 0 Å². The summed E-state index contributed by atoms with van der Waals surface area (Å²) < 4.78 is 25.8. The maximum atomic E-state index is 11.6. The van der Waals surface area contributed by atoms with Crippen molar-refractivity contribution >= 4 is 15.7 Å². The fourth-order valence-corrected chi connectivity index (χ4v) is 5.53. The average Bonchev–Trinajstić information content (AvgIpc) is 2.59. The van der Waals surface area contributed by atoms with Gasteiger partial charge in [0.2, 0.25) is 10.0 Å². The first-order valence-electron chi connectivity index (χ1n) is 10.2. The molecule has 4 nitrogen and oxygen atoms in total. The fraction of sp³-hybridized carbons (Fsp3) is 0.714. The minimum atomic E-state index is -3.23. The molecule has 0 radical (unpaired) electrons. The van der Waals surface area contributed by atoms with Gasteiger partial charge in [-0.1, -0.05) is 44.7 Å². The zero-order valence-corrected chi connectivity index (χ0v) is 17.2. The SMILES string of the molecule is CCCCCCN1CCC2(c3cccc(NS(C)(=O)=O)c3)CCCC1C2. The van der Waals surface area contributed by atoms with Gasteiger partial charge in [-0.05, 0) is 68.3 Å². The summed E-state index contributed by atoms with van der Waals surface area (Å²) in [6.45, 7) is 4.69. The van der Waals surface area contributed by atoms with Crippen LogP contribution in [0.5, 0.6) is 0 Å². The van der Waals surface area contributed by atoms with Crippen molar-refractivity contribution in [2.75, 3.05) is 24.1 Å². The van der Waals surface area contributed by atoms with E-state index in [1.165, 1.54) is 82.7 Å². The minimum Gasteiger partial charge on any atom is -0.300 e. The first kappa shape index (κ1) is 19.7. The summed E-state index contributed by atoms with van der Waals surface area (Å²) in [5.74, 6) is 0. The largest absolute Gasteiger partial charge is 0.300 e. The summed E-state index contributed by atoms with van der Waals surface area (Å²) in [7, 11) is -3.23. The molecule has 146 valence electrons. The van der Waals surface area contributed by atoms with Crippen LogP contribution in [0, 0.1) is 0 Å². The average molecular weight is 379 g/mol. The van der Waals surface area contributed by atoms with Gasteiger partial charge in [-0.25, -0.2) is 8.42 Å². The molecule has 2 aliphatic rings. The Morgan fingerprint density at radius 3 is 2.85 bits per heavy atom. The summed E-state index contributed by atoms with van der Waals surface area (Å²) in [6, 6.07) is 8.82. The number of sulfonamides is 1. The normalized spacial score (nSPS) is 26.6. The fourth-order valence-electron chi connectivity index (χ4n) is 4.98. The van der Waals surface area contributed by atoms with E-state index in [9.17, 15) is 8.42 Å². The molecule has 3 rings (SSSR count). The Bertz CT molecular complexity index is 704. The number of likely N-dealkylation sites (tertiary alicyclic amines) is 1. The molecule has 1 N–H and O–H groups in total. The van der Waals surface area contributed by atoms with Crippen molar-refractivity contribution in [1.82, 2.24) is 4.90 Å². The second-order valence-corrected chi connectivity index (χ2v) is 10.1. The van der Waals surface area contributed by atoms with Crippen molar-refractivity contribution < 1.29 is 8.42 Å². The molecule has 2 unspecified atom stereocenters. The molecular weight excluding hydrogens is 344 g/mol. The van der Waals surface area contributed by atoms with E-state index in [1.807, 2.05) is 12.1 Å². The van der Waals surface area contributed by atoms with Crippen LogP contribution in [0.25, 0.3) is 0 Å². The number of nitrogens with zero attached hydrogens (tertiary/aromatic N) is 1. The van der Waals surface area contributed by atoms with Crippen molar-refractivity contribution in [3.05, 3.63) is 29.8 Å². The van der Waals surface area contributed by atoms with Gasteiger partial charge in [0.05, 0.1) is 6.26 Å². The van der Waals surface area contributed by atoms with Gasteiger partial charge < -0.3 is 4.90 Å². The van der Waals surface area contributed by atoms with Gasteiger partial charge >= 0.3 is 0 Å². The number of nitrogens with one attached hydrogen (secondary N) is 1. The van der Waals surface area contributed by atoms with Crippen LogP contribution in [-0.2, 0) is 15.4 Å². The van der Waals surface area contributed by atoms with Gasteiger partial charge in [0.15, 0.2) is 0 Å². The third kappa shape index (κ3) is 4.80. The molecule has 1 saturated carbocycles. The highest BCUT2D eigenvalue weighted by Gasteiger charge is 2.43. The Morgan fingerprint density at radius 1 is 1.23 bits per heavy atom. The van der Waals surface area contributed by atoms with E-state index >= 15 is 0 Å². The van der Waals surface area contributed by atoms with Crippen molar-refractivity contribution in [2.45, 2.75) is 76.2 Å². The minimum absolute atomic E-state index is 0.234. The summed E-state index contributed by atoms with van der Waals surface area (Å²) in [5.41, 5.74) is 2.25. The molecule has 5 heteroatoms. The maximum Gasteiger partial charge on any atom is 0.229 e. The third-order valence-electron chi connectivity index (χ3n) is 6.29. The number of rotatable bonds is 8. The zero-order valence-electron chi connectivity index (χ0n) is 16.3. The number of anilines is 1. The molecule has 1 saturated heterocycles. The molecule has 1 aliphatic carbocycles. The summed E-state index contributed by atoms with van der Waals surface area (Å²) >= 11 is 0. The van der Waals surface area contributed by atoms with Crippen LogP contribution in [0.3, 0.4) is 0 Å². The smallest absolute Gasteiger partial charge is 0.229 e. The Labute approximate surface area is 159 Å². The molecule has 0 spiro atoms. The first-order chi connectivity index (χ1) is 12.4. The van der Waals surface area contributed by atoms with Gasteiger partial charge in [-0.15, -0.1) is 0 Å². The highest BCUT2D eigenvalue weighted by atomic mass is 32.2. The van der Waals surface area contributed by atoms with Crippen LogP contribution < -0.4 is 4.72 Å². The summed E-state index contributed by atoms with van der Waals surface area (Å²) in [4.78, 5) is 2.73. The molecule has 2 bridgehead atoms. The summed E-state index contributed by atoms with van der Waals surface area (Å²) in [6.07, 6.45) is 12.8. The van der Waals surface area contributed by atoms with E-state index in [2.05, 4.69) is 28.7 Å². The Hall–Kier alpha value is -1.07. The Balaban J connectivity index is 1.70. The lowest BCUT2D eigenvalue weighted by Gasteiger charge is -2.51. The lowest BCUT2D eigenvalue weighted by Crippen LogP contribution is -2.51. The number of fused-ring (bicyclic) bond motifs is 2. The predicted octanol–water partition coefficient (Wildman–Crippen LogP) is 4.52. The number of benzene rings is 1. The van der Waals surface area contributed by atoms with Crippen molar-refractivity contribution in [1.29, 1.82) is 0 Å². The molecule has 1 aromatic rings. The number of unbranched alkanes of at least 4 members (excludes halogenated alkanes) is 3. The van der Waals surface area contributed by atoms with E-state index < -0.39 is 10.0 Å². The number of hydrogen-bond acceptors (Lipinski definition) is 3. The highest BCUT2D eigenvalue weighted by Crippen LogP contribution is 2.47. The zero-order chi connectivity index (χ0) is 18.6. The van der Waals surface area contributed by atoms with Crippen LogP contribution in [0.2, 0.25) is 0 Å². The van der Waals surface area contributed by atoms with Crippen LogP contribution >= 0.6 is 0 Å². The van der Waals surface area contributed by atoms with Gasteiger partial charge in [0.25, 0.3) is 0 Å². The van der Waals surface area contributed by atoms with E-state index in [4.69, 9.17) is 0 Å². The van der Waals surface area contributed by atoms with Crippen LogP contribution in [0.15, 0.2) is 24.3 Å². The van der Waals surface area contributed by atoms with Crippen LogP contribution in [0.4, 0.5) is 5.69 Å². The van der Waals surface area contributed by atoms with Gasteiger partial charge in [-0.2, -0.15) is 0 Å². The second-order valence-electron chi connectivity index (χ2n) is 8.33. The summed E-state index contributed by atoms with van der Waals surface area (Å²) in [5, 5.41) is 0. The molecule has 1 heterocycles. The molecular formula is C21H34N2O2S. The molecule has 0 amide bonds. The highest BCUT2D eigenvalue weighted by molar-refractivity contribution is 7.92. The molecule has 1 aliphatic heterocycles. The quantitative estimate of drug-likeness (QED) is 0.676. The van der Waals surface area contributed by atoms with Crippen LogP contribution in [0.1, 0.15) is 70.3 Å². The van der Waals surface area contributed by atoms with E-state index in [0.717, 1.165) is 0 Å². The Kier molecular flexibility index (Phi) is 6.29. The number of hydrogen-bond donors (Lipinski definition) is 1. The van der Waals surface area contributed by atoms with Crippen molar-refractivity contribution in [2.24, 2.45) is 0 Å². The second kappa shape index (κ2) is 8.30. The van der Waals surface area contributed by atoms with Crippen molar-refractivity contribution in [3.8, 4) is 0 Å².